The summed E-state index contributed by atoms with van der Waals surface area (Å²) < 4.78 is 16.3. The minimum absolute atomic E-state index is 0.0862. The molecule has 1 aliphatic rings. The molecule has 1 aliphatic heterocycles. The molecule has 1 saturated heterocycles. The minimum atomic E-state index is -0.673. The predicted molar refractivity (Wildman–Crippen MR) is 133 cm³/mol. The summed E-state index contributed by atoms with van der Waals surface area (Å²) in [7, 11) is 1.50. The summed E-state index contributed by atoms with van der Waals surface area (Å²) >= 11 is 6.52. The van der Waals surface area contributed by atoms with Crippen LogP contribution in [0.15, 0.2) is 41.2 Å². The van der Waals surface area contributed by atoms with Gasteiger partial charge in [0.05, 0.1) is 31.4 Å². The van der Waals surface area contributed by atoms with E-state index in [1.165, 1.54) is 7.11 Å². The highest BCUT2D eigenvalue weighted by atomic mass is 35.5. The normalized spacial score (nSPS) is 14.9. The van der Waals surface area contributed by atoms with Crippen molar-refractivity contribution in [3.8, 4) is 17.6 Å². The number of hydrogen-bond acceptors (Lipinski definition) is 8. The van der Waals surface area contributed by atoms with Crippen molar-refractivity contribution >= 4 is 28.2 Å². The average molecular weight is 499 g/mol. The Hall–Kier alpha value is -3.29. The van der Waals surface area contributed by atoms with Gasteiger partial charge in [-0.1, -0.05) is 11.6 Å². The summed E-state index contributed by atoms with van der Waals surface area (Å²) in [4.78, 5) is 17.7. The van der Waals surface area contributed by atoms with Crippen LogP contribution < -0.4 is 20.3 Å². The summed E-state index contributed by atoms with van der Waals surface area (Å²) in [5, 5.41) is 23.7. The Balaban J connectivity index is 1.43. The molecule has 184 valence electrons. The fourth-order valence-electron chi connectivity index (χ4n) is 3.92. The Bertz CT molecular complexity index is 1280. The molecule has 0 amide bonds. The maximum Gasteiger partial charge on any atom is 0.253 e. The van der Waals surface area contributed by atoms with E-state index in [0.717, 1.165) is 24.2 Å². The van der Waals surface area contributed by atoms with Gasteiger partial charge in [0.1, 0.15) is 35.3 Å². The number of hydrogen-bond donors (Lipinski definition) is 3. The first-order valence-corrected chi connectivity index (χ1v) is 11.6. The molecule has 3 N–H and O–H groups in total. The van der Waals surface area contributed by atoms with Crippen LogP contribution >= 0.6 is 11.6 Å². The zero-order valence-corrected chi connectivity index (χ0v) is 20.1. The van der Waals surface area contributed by atoms with E-state index in [1.54, 1.807) is 30.3 Å². The molecular weight excluding hydrogens is 472 g/mol. The number of nitrogens with one attached hydrogen (secondary N) is 2. The number of nitriles is 1. The first-order chi connectivity index (χ1) is 17.0. The summed E-state index contributed by atoms with van der Waals surface area (Å²) in [5.74, 6) is 0.852. The van der Waals surface area contributed by atoms with Gasteiger partial charge in [-0.25, -0.2) is 0 Å². The van der Waals surface area contributed by atoms with Gasteiger partial charge in [0.15, 0.2) is 0 Å². The highest BCUT2D eigenvalue weighted by molar-refractivity contribution is 6.36. The number of β-amino-alcohol motifs (C(OH)–C–C–N with tert-alkyl or cyclic N) is 1. The molecule has 1 aromatic heterocycles. The van der Waals surface area contributed by atoms with Crippen LogP contribution in [-0.2, 0) is 11.3 Å². The largest absolute Gasteiger partial charge is 0.495 e. The molecule has 2 heterocycles. The first kappa shape index (κ1) is 24.8. The standard InChI is InChI=1S/C25H27ClN4O5/c1-33-22-11-19(4-2-17(22)12-27)28-13-18-10-16-3-5-21(23(26)24(16)29-25(18)32)35-15-20(31)14-30-6-8-34-9-7-30/h2-5,10-11,20,28,31H,6-9,13-15H2,1H3,(H,29,32). The van der Waals surface area contributed by atoms with Crippen molar-refractivity contribution in [2.45, 2.75) is 12.6 Å². The van der Waals surface area contributed by atoms with Crippen LogP contribution in [0.4, 0.5) is 5.69 Å². The minimum Gasteiger partial charge on any atom is -0.495 e. The van der Waals surface area contributed by atoms with Gasteiger partial charge in [-0.15, -0.1) is 0 Å². The lowest BCUT2D eigenvalue weighted by Gasteiger charge is -2.28. The Morgan fingerprint density at radius 2 is 2.06 bits per heavy atom. The van der Waals surface area contributed by atoms with Crippen molar-refractivity contribution in [2.75, 3.05) is 51.9 Å². The van der Waals surface area contributed by atoms with Crippen molar-refractivity contribution < 1.29 is 19.3 Å². The quantitative estimate of drug-likeness (QED) is 0.412. The van der Waals surface area contributed by atoms with E-state index in [1.807, 2.05) is 6.07 Å². The highest BCUT2D eigenvalue weighted by Gasteiger charge is 2.17. The molecule has 3 aromatic rings. The van der Waals surface area contributed by atoms with E-state index >= 15 is 0 Å². The van der Waals surface area contributed by atoms with Gasteiger partial charge in [0, 0.05) is 48.9 Å². The fraction of sp³-hybridized carbons (Fsp3) is 0.360. The van der Waals surface area contributed by atoms with E-state index in [-0.39, 0.29) is 23.7 Å². The van der Waals surface area contributed by atoms with Gasteiger partial charge < -0.3 is 29.6 Å². The number of nitrogens with zero attached hydrogens (tertiary/aromatic N) is 2. The number of rotatable bonds is 9. The van der Waals surface area contributed by atoms with Gasteiger partial charge in [-0.05, 0) is 30.3 Å². The number of methoxy groups -OCH3 is 1. The van der Waals surface area contributed by atoms with E-state index in [9.17, 15) is 9.90 Å². The molecular formula is C25H27ClN4O5. The lowest BCUT2D eigenvalue weighted by Crippen LogP contribution is -2.42. The molecule has 0 radical (unpaired) electrons. The number of aliphatic hydroxyl groups excluding tert-OH is 1. The zero-order chi connectivity index (χ0) is 24.8. The van der Waals surface area contributed by atoms with Gasteiger partial charge in [-0.3, -0.25) is 9.69 Å². The van der Waals surface area contributed by atoms with Crippen molar-refractivity contribution in [3.05, 3.63) is 62.9 Å². The van der Waals surface area contributed by atoms with Crippen LogP contribution in [0.5, 0.6) is 11.5 Å². The summed E-state index contributed by atoms with van der Waals surface area (Å²) in [5.41, 5.74) is 1.87. The molecule has 9 nitrogen and oxygen atoms in total. The van der Waals surface area contributed by atoms with E-state index in [4.69, 9.17) is 31.1 Å². The first-order valence-electron chi connectivity index (χ1n) is 11.3. The number of H-pyrrole nitrogens is 1. The third-order valence-corrected chi connectivity index (χ3v) is 6.18. The molecule has 4 rings (SSSR count). The number of anilines is 1. The van der Waals surface area contributed by atoms with E-state index in [0.29, 0.717) is 47.9 Å². The van der Waals surface area contributed by atoms with Crippen LogP contribution in [0.1, 0.15) is 11.1 Å². The molecule has 10 heteroatoms. The number of halogens is 1. The maximum absolute atomic E-state index is 12.7. The second-order valence-electron chi connectivity index (χ2n) is 8.22. The van der Waals surface area contributed by atoms with Crippen molar-refractivity contribution in [2.24, 2.45) is 0 Å². The number of morpholine rings is 1. The number of aromatic amines is 1. The van der Waals surface area contributed by atoms with Crippen molar-refractivity contribution in [1.29, 1.82) is 5.26 Å². The van der Waals surface area contributed by atoms with Crippen LogP contribution in [0, 0.1) is 11.3 Å². The monoisotopic (exact) mass is 498 g/mol. The average Bonchev–Trinajstić information content (AvgIpc) is 2.88. The molecule has 1 fully saturated rings. The number of pyridine rings is 1. The predicted octanol–water partition coefficient (Wildman–Crippen LogP) is 2.75. The number of aliphatic hydroxyl groups is 1. The summed E-state index contributed by atoms with van der Waals surface area (Å²) in [6, 6.07) is 12.5. The van der Waals surface area contributed by atoms with E-state index < -0.39 is 6.10 Å². The van der Waals surface area contributed by atoms with Crippen molar-refractivity contribution in [3.63, 3.8) is 0 Å². The molecule has 1 unspecified atom stereocenters. The molecule has 35 heavy (non-hydrogen) atoms. The number of fused-ring (bicyclic) bond motifs is 1. The number of aromatic nitrogens is 1. The van der Waals surface area contributed by atoms with Crippen LogP contribution in [-0.4, -0.2) is 67.7 Å². The number of benzene rings is 2. The fourth-order valence-corrected chi connectivity index (χ4v) is 4.19. The molecule has 1 atom stereocenters. The van der Waals surface area contributed by atoms with Crippen LogP contribution in [0.25, 0.3) is 10.9 Å². The Labute approximate surface area is 207 Å². The second-order valence-corrected chi connectivity index (χ2v) is 8.60. The zero-order valence-electron chi connectivity index (χ0n) is 19.3. The molecule has 0 bridgehead atoms. The lowest BCUT2D eigenvalue weighted by molar-refractivity contribution is 0.00467. The Morgan fingerprint density at radius 3 is 2.80 bits per heavy atom. The summed E-state index contributed by atoms with van der Waals surface area (Å²) in [6.45, 7) is 3.74. The van der Waals surface area contributed by atoms with Crippen LogP contribution in [0.2, 0.25) is 5.02 Å². The summed E-state index contributed by atoms with van der Waals surface area (Å²) in [6.07, 6.45) is -0.673. The SMILES string of the molecule is COc1cc(NCc2cc3ccc(OCC(O)CN4CCOCC4)c(Cl)c3[nH]c2=O)ccc1C#N. The smallest absolute Gasteiger partial charge is 0.253 e. The second kappa shape index (κ2) is 11.4. The highest BCUT2D eigenvalue weighted by Crippen LogP contribution is 2.31. The van der Waals surface area contributed by atoms with E-state index in [2.05, 4.69) is 21.3 Å². The molecule has 0 saturated carbocycles. The lowest BCUT2D eigenvalue weighted by atomic mass is 10.1. The van der Waals surface area contributed by atoms with Crippen LogP contribution in [0.3, 0.4) is 0 Å². The molecule has 2 aromatic carbocycles. The van der Waals surface area contributed by atoms with Gasteiger partial charge >= 0.3 is 0 Å². The third kappa shape index (κ3) is 6.05. The Morgan fingerprint density at radius 1 is 1.26 bits per heavy atom. The van der Waals surface area contributed by atoms with Crippen molar-refractivity contribution in [1.82, 2.24) is 9.88 Å². The number of ether oxygens (including phenoxy) is 3. The third-order valence-electron chi connectivity index (χ3n) is 5.81. The topological polar surface area (TPSA) is 120 Å². The Kier molecular flexibility index (Phi) is 8.10. The van der Waals surface area contributed by atoms with Gasteiger partial charge in [0.25, 0.3) is 5.56 Å². The molecule has 0 spiro atoms. The van der Waals surface area contributed by atoms with Gasteiger partial charge in [-0.2, -0.15) is 5.26 Å². The van der Waals surface area contributed by atoms with Gasteiger partial charge in [0.2, 0.25) is 0 Å². The maximum atomic E-state index is 12.7. The molecule has 0 aliphatic carbocycles.